The van der Waals surface area contributed by atoms with Gasteiger partial charge < -0.3 is 67.4 Å². The average molecular weight is 2100 g/mol. The monoisotopic (exact) mass is 2100 g/mol. The number of ether oxygens (including phenoxy) is 10. The Hall–Kier alpha value is -14.0. The van der Waals surface area contributed by atoms with Crippen LogP contribution in [0.15, 0.2) is 277 Å². The molecule has 6 aliphatic heterocycles. The summed E-state index contributed by atoms with van der Waals surface area (Å²) in [7, 11) is 5.65. The van der Waals surface area contributed by atoms with Gasteiger partial charge in [0.2, 0.25) is 27.2 Å². The Kier molecular flexibility index (Phi) is 35.8. The van der Waals surface area contributed by atoms with E-state index in [2.05, 4.69) is 157 Å². The Labute approximate surface area is 888 Å². The zero-order valence-electron chi connectivity index (χ0n) is 84.0. The minimum atomic E-state index is -2.91. The molecule has 0 atom stereocenters. The maximum Gasteiger partial charge on any atom is 0.273 e. The van der Waals surface area contributed by atoms with Crippen LogP contribution in [0.3, 0.4) is 0 Å². The number of ketones is 1. The molecule has 32 heteroatoms. The van der Waals surface area contributed by atoms with Crippen LogP contribution in [0.2, 0.25) is 5.02 Å². The summed E-state index contributed by atoms with van der Waals surface area (Å²) in [6.07, 6.45) is 5.46. The van der Waals surface area contributed by atoms with E-state index in [1.54, 1.807) is 41.9 Å². The quantitative estimate of drug-likeness (QED) is 0.0353. The third kappa shape index (κ3) is 30.0. The fourth-order valence-electron chi connectivity index (χ4n) is 18.0. The molecule has 11 aromatic carbocycles. The van der Waals surface area contributed by atoms with Gasteiger partial charge in [-0.2, -0.15) is 0 Å². The molecule has 6 aliphatic rings. The standard InChI is InChI=1S/C32H33N3O4S.C29H26ClN3O3S.C29H29N3O3S.C27H31F2N3O3S/c36-32(35-15-5-2-6-16-35)28-22-40-31(33-28)20-34(19-26-11-14-29-30(17-26)39-23-38-29)18-24-9-12-27(13-10-24)37-21-25-7-3-1-4-8-25;30-24-8-5-20(6-9-24)14-32(15-21-7-10-26-27(13-21)36-19-35-26)17-28-31-25(18-37-28)29(34)33-12-11-22-3-1-2-4-23(22)16-33;1-20-4-9-24(10-5-20)30-21(2)26-18-36-29(31-26)17-32(15-22-6-11-25(33-3)12-7-22)16-23-8-13-27-28(14-23)35-19-34-27;1-27(28,29)21-7-4-6-19(12-21)14-32(15-20-9-10-24-25(13-20)35-18-34-24)16-26-30-22(17-36-26)23(33)8-5-11-31(2)3/h1,3-4,7-14,17,22H,2,5-6,15-16,18-21,23H2;1-10,13,18H,11-12,14-17,19H2;4-14,18,30H,2,15-17,19H2,1,3H3;4,6-7,9-10,12-13,17H,5,8,11,14-16,18H2,1-3H3. The Balaban J connectivity index is 0.000000130. The summed E-state index contributed by atoms with van der Waals surface area (Å²) in [6.45, 7) is 20.4. The molecule has 15 aromatic rings. The normalized spacial score (nSPS) is 13.5. The van der Waals surface area contributed by atoms with E-state index in [0.29, 0.717) is 101 Å². The number of fused-ring (bicyclic) bond motifs is 5. The number of piperidine rings is 1. The molecule has 1 fully saturated rings. The van der Waals surface area contributed by atoms with Gasteiger partial charge in [-0.05, 0) is 224 Å². The van der Waals surface area contributed by atoms with E-state index < -0.39 is 5.92 Å². The number of amides is 2. The van der Waals surface area contributed by atoms with Gasteiger partial charge >= 0.3 is 0 Å². The number of alkyl halides is 2. The highest BCUT2D eigenvalue weighted by Gasteiger charge is 2.30. The van der Waals surface area contributed by atoms with E-state index in [1.165, 1.54) is 63.0 Å². The molecule has 0 aliphatic carbocycles. The van der Waals surface area contributed by atoms with Gasteiger partial charge in [0.15, 0.2) is 51.8 Å². The maximum atomic E-state index is 13.9. The van der Waals surface area contributed by atoms with Gasteiger partial charge in [-0.1, -0.05) is 169 Å². The second-order valence-corrected chi connectivity index (χ2v) is 41.9. The number of aromatic nitrogens is 4. The SMILES string of the molecule is C=C(Nc1ccc(C)cc1)c1csc(CN(Cc2ccc(OC)cc2)Cc2ccc3c(c2)OCO3)n1.CN(C)CCCC(=O)c1csc(CN(Cc2cccc(C(C)(F)F)c2)Cc2ccc3c(c2)OCO3)n1.O=C(c1csc(CN(Cc2ccc(Cl)cc2)Cc2ccc3c(c2)OCO3)n1)N1CCc2ccccc2C1.O=C(c1csc(CN(Cc2ccc(OCc3ccccc3)cc2)Cc2ccc3c(c2)OCO3)n1)N1CCCCC1. The molecule has 1 saturated heterocycles. The summed E-state index contributed by atoms with van der Waals surface area (Å²) < 4.78 is 83.3. The number of nitrogens with one attached hydrogen (secondary N) is 1. The molecule has 0 spiro atoms. The Morgan fingerprint density at radius 2 is 0.819 bits per heavy atom. The summed E-state index contributed by atoms with van der Waals surface area (Å²) in [4.78, 5) is 72.8. The van der Waals surface area contributed by atoms with Crippen molar-refractivity contribution in [3.05, 3.63) is 397 Å². The van der Waals surface area contributed by atoms with Crippen LogP contribution in [0.4, 0.5) is 14.5 Å². The minimum absolute atomic E-state index is 0.00275. The molecule has 4 aromatic heterocycles. The summed E-state index contributed by atoms with van der Waals surface area (Å²) in [5.41, 5.74) is 17.9. The zero-order chi connectivity index (χ0) is 103. The number of hydrogen-bond donors (Lipinski definition) is 1. The lowest BCUT2D eigenvalue weighted by Crippen LogP contribution is -2.36. The zero-order valence-corrected chi connectivity index (χ0v) is 88.0. The van der Waals surface area contributed by atoms with Crippen LogP contribution in [-0.2, 0) is 104 Å². The molecule has 0 radical (unpaired) electrons. The van der Waals surface area contributed by atoms with Crippen molar-refractivity contribution in [2.75, 3.05) is 79.9 Å². The number of Topliss-reactive ketones (excluding diaryl/α,β-unsaturated/α-hetero) is 1. The summed E-state index contributed by atoms with van der Waals surface area (Å²) in [6, 6.07) is 81.7. The number of hydrogen-bond acceptors (Lipinski definition) is 27. The summed E-state index contributed by atoms with van der Waals surface area (Å²) >= 11 is 12.3. The number of thiazole rings is 4. The van der Waals surface area contributed by atoms with Crippen LogP contribution < -0.4 is 52.7 Å². The molecule has 0 unspecified atom stereocenters. The van der Waals surface area contributed by atoms with Gasteiger partial charge in [0.05, 0.1) is 44.7 Å². The third-order valence-corrected chi connectivity index (χ3v) is 29.4. The summed E-state index contributed by atoms with van der Waals surface area (Å²) in [5, 5.41) is 15.4. The lowest BCUT2D eigenvalue weighted by atomic mass is 10.00. The first-order valence-corrected chi connectivity index (χ1v) is 53.6. The molecular formula is C117H119ClF2N12O13S4. The van der Waals surface area contributed by atoms with Gasteiger partial charge in [0.25, 0.3) is 17.7 Å². The van der Waals surface area contributed by atoms with Crippen molar-refractivity contribution in [2.45, 2.75) is 150 Å². The van der Waals surface area contributed by atoms with Crippen LogP contribution in [0.1, 0.15) is 169 Å². The van der Waals surface area contributed by atoms with Gasteiger partial charge in [0.1, 0.15) is 55.2 Å². The van der Waals surface area contributed by atoms with Crippen molar-refractivity contribution < 1.29 is 70.5 Å². The first-order valence-electron chi connectivity index (χ1n) is 49.7. The molecule has 10 heterocycles. The van der Waals surface area contributed by atoms with Gasteiger partial charge in [0, 0.05) is 130 Å². The number of benzene rings is 11. The Morgan fingerprint density at radius 1 is 0.423 bits per heavy atom. The number of carbonyl (C=O) groups is 3. The van der Waals surface area contributed by atoms with E-state index in [0.717, 1.165) is 212 Å². The number of anilines is 1. The number of methoxy groups -OCH3 is 1. The average Bonchev–Trinajstić information content (AvgIpc) is 1.82. The van der Waals surface area contributed by atoms with Crippen molar-refractivity contribution in [2.24, 2.45) is 0 Å². The van der Waals surface area contributed by atoms with E-state index in [4.69, 9.17) is 73.9 Å². The topological polar surface area (TPSA) is 230 Å². The van der Waals surface area contributed by atoms with Crippen molar-refractivity contribution in [3.8, 4) is 57.5 Å². The van der Waals surface area contributed by atoms with Crippen LogP contribution in [0.5, 0.6) is 57.5 Å². The van der Waals surface area contributed by atoms with Crippen LogP contribution in [0.25, 0.3) is 5.70 Å². The van der Waals surface area contributed by atoms with Crippen molar-refractivity contribution in [3.63, 3.8) is 0 Å². The third-order valence-electron chi connectivity index (χ3n) is 25.8. The molecule has 25 nitrogen and oxygen atoms in total. The Morgan fingerprint density at radius 3 is 1.29 bits per heavy atom. The van der Waals surface area contributed by atoms with Gasteiger partial charge in [-0.3, -0.25) is 34.0 Å². The van der Waals surface area contributed by atoms with E-state index in [1.807, 2.05) is 167 Å². The highest BCUT2D eigenvalue weighted by Crippen LogP contribution is 2.40. The molecular weight excluding hydrogens is 1980 g/mol. The van der Waals surface area contributed by atoms with Crippen molar-refractivity contribution >= 4 is 85.9 Å². The van der Waals surface area contributed by atoms with E-state index in [9.17, 15) is 23.2 Å². The predicted molar refractivity (Wildman–Crippen MR) is 579 cm³/mol. The minimum Gasteiger partial charge on any atom is -0.497 e. The largest absolute Gasteiger partial charge is 0.497 e. The van der Waals surface area contributed by atoms with E-state index in [-0.39, 0.29) is 50.3 Å². The van der Waals surface area contributed by atoms with Crippen LogP contribution in [0, 0.1) is 6.92 Å². The molecule has 149 heavy (non-hydrogen) atoms. The number of nitrogens with zero attached hydrogens (tertiary/aromatic N) is 11. The number of carbonyl (C=O) groups excluding carboxylic acids is 3. The Bertz CT molecular complexity index is 7030. The number of aryl methyl sites for hydroxylation is 1. The predicted octanol–water partition coefficient (Wildman–Crippen LogP) is 24.4. The first-order chi connectivity index (χ1) is 72.5. The fourth-order valence-corrected chi connectivity index (χ4v) is 21.4. The first kappa shape index (κ1) is 105. The van der Waals surface area contributed by atoms with Crippen LogP contribution in [-0.4, -0.2) is 146 Å². The van der Waals surface area contributed by atoms with Crippen molar-refractivity contribution in [1.29, 1.82) is 0 Å². The lowest BCUT2D eigenvalue weighted by molar-refractivity contribution is 0.0173. The number of halogens is 3. The summed E-state index contributed by atoms with van der Waals surface area (Å²) in [5.74, 6) is 4.98. The maximum absolute atomic E-state index is 13.9. The molecule has 2 amide bonds. The van der Waals surface area contributed by atoms with Crippen LogP contribution >= 0.6 is 56.9 Å². The lowest BCUT2D eigenvalue weighted by Gasteiger charge is -2.28. The van der Waals surface area contributed by atoms with Gasteiger partial charge in [-0.15, -0.1) is 45.3 Å². The highest BCUT2D eigenvalue weighted by atomic mass is 35.5. The second-order valence-electron chi connectivity index (χ2n) is 37.7. The second kappa shape index (κ2) is 50.8. The number of rotatable bonds is 39. The van der Waals surface area contributed by atoms with Gasteiger partial charge in [-0.25, -0.2) is 28.7 Å². The van der Waals surface area contributed by atoms with E-state index >= 15 is 0 Å². The van der Waals surface area contributed by atoms with Crippen molar-refractivity contribution in [1.82, 2.24) is 54.2 Å². The number of likely N-dealkylation sites (tertiary alicyclic amines) is 1. The highest BCUT2D eigenvalue weighted by molar-refractivity contribution is 7.10. The smallest absolute Gasteiger partial charge is 0.273 e. The molecule has 0 saturated carbocycles. The fraction of sp³-hybridized carbons (Fsp3) is 0.291. The molecule has 1 N–H and O–H groups in total. The molecule has 21 rings (SSSR count). The molecule has 0 bridgehead atoms. The molecule has 770 valence electrons.